The van der Waals surface area contributed by atoms with Crippen molar-refractivity contribution in [3.8, 4) is 0 Å². The molecule has 104 valence electrons. The van der Waals surface area contributed by atoms with Gasteiger partial charge in [0.05, 0.1) is 5.71 Å². The number of nitrogens with two attached hydrogens (primary N) is 1. The van der Waals surface area contributed by atoms with Crippen LogP contribution in [0.3, 0.4) is 0 Å². The molecule has 0 unspecified atom stereocenters. The summed E-state index contributed by atoms with van der Waals surface area (Å²) in [7, 11) is 1.70. The smallest absolute Gasteiger partial charge is 0.131 e. The third-order valence-corrected chi connectivity index (χ3v) is 3.05. The lowest BCUT2D eigenvalue weighted by atomic mass is 9.90. The molecule has 20 heavy (non-hydrogen) atoms. The third-order valence-electron chi connectivity index (χ3n) is 3.05. The van der Waals surface area contributed by atoms with Crippen LogP contribution in [0.1, 0.15) is 11.1 Å². The average Bonchev–Trinajstić information content (AvgIpc) is 2.41. The van der Waals surface area contributed by atoms with E-state index in [0.29, 0.717) is 16.7 Å². The zero-order valence-electron chi connectivity index (χ0n) is 11.0. The number of allylic oxidation sites excluding steroid dienone is 5. The normalized spacial score (nSPS) is 16.5. The Morgan fingerprint density at radius 3 is 2.50 bits per heavy atom. The maximum Gasteiger partial charge on any atom is 0.131 e. The van der Waals surface area contributed by atoms with Crippen LogP contribution in [-0.2, 0) is 6.54 Å². The number of hydrogen-bond donors (Lipinski definition) is 3. The molecule has 3 nitrogen and oxygen atoms in total. The Kier molecular flexibility index (Phi) is 4.10. The molecule has 2 rings (SSSR count). The molecule has 4 N–H and O–H groups in total. The van der Waals surface area contributed by atoms with Crippen LogP contribution in [0, 0.1) is 17.0 Å². The van der Waals surface area contributed by atoms with Crippen molar-refractivity contribution in [2.75, 3.05) is 7.05 Å². The van der Waals surface area contributed by atoms with Gasteiger partial charge in [0.25, 0.3) is 0 Å². The Labute approximate surface area is 116 Å². The van der Waals surface area contributed by atoms with Gasteiger partial charge < -0.3 is 16.5 Å². The van der Waals surface area contributed by atoms with Gasteiger partial charge in [-0.25, -0.2) is 8.78 Å². The van der Waals surface area contributed by atoms with E-state index in [0.717, 1.165) is 0 Å². The van der Waals surface area contributed by atoms with Crippen LogP contribution in [0.25, 0.3) is 5.57 Å². The monoisotopic (exact) mass is 275 g/mol. The molecule has 0 aliphatic heterocycles. The number of hydrogen-bond acceptors (Lipinski definition) is 3. The SMILES string of the molecule is CN/C=C1\C(=N)C=CC=C1c1cc(F)c(CN)c(F)c1. The Bertz CT molecular complexity index is 620. The predicted octanol–water partition coefficient (Wildman–Crippen LogP) is 2.50. The zero-order valence-corrected chi connectivity index (χ0v) is 11.0. The molecule has 0 spiro atoms. The lowest BCUT2D eigenvalue weighted by Crippen LogP contribution is -2.10. The summed E-state index contributed by atoms with van der Waals surface area (Å²) < 4.78 is 27.6. The number of benzene rings is 1. The highest BCUT2D eigenvalue weighted by molar-refractivity contribution is 6.19. The minimum atomic E-state index is -0.673. The van der Waals surface area contributed by atoms with Gasteiger partial charge in [0.2, 0.25) is 0 Å². The van der Waals surface area contributed by atoms with Gasteiger partial charge >= 0.3 is 0 Å². The molecule has 0 heterocycles. The molecule has 0 fully saturated rings. The van der Waals surface area contributed by atoms with Crippen LogP contribution < -0.4 is 11.1 Å². The fourth-order valence-corrected chi connectivity index (χ4v) is 2.07. The Balaban J connectivity index is 2.55. The quantitative estimate of drug-likeness (QED) is 0.793. The summed E-state index contributed by atoms with van der Waals surface area (Å²) in [6.45, 7) is -0.189. The van der Waals surface area contributed by atoms with Gasteiger partial charge in [-0.05, 0) is 29.3 Å². The highest BCUT2D eigenvalue weighted by Gasteiger charge is 2.17. The summed E-state index contributed by atoms with van der Waals surface area (Å²) in [5.74, 6) is -1.35. The predicted molar refractivity (Wildman–Crippen MR) is 76.2 cm³/mol. The molecule has 5 heteroatoms. The molecule has 0 saturated heterocycles. The van der Waals surface area contributed by atoms with Gasteiger partial charge in [0, 0.05) is 30.9 Å². The van der Waals surface area contributed by atoms with Crippen LogP contribution in [0.5, 0.6) is 0 Å². The molecule has 0 aromatic heterocycles. The molecular formula is C15H15F2N3. The van der Waals surface area contributed by atoms with Gasteiger partial charge in [0.15, 0.2) is 0 Å². The van der Waals surface area contributed by atoms with E-state index in [1.54, 1.807) is 31.5 Å². The minimum absolute atomic E-state index is 0.130. The lowest BCUT2D eigenvalue weighted by Gasteiger charge is -2.16. The van der Waals surface area contributed by atoms with Crippen LogP contribution in [0.4, 0.5) is 8.78 Å². The number of nitrogens with one attached hydrogen (secondary N) is 2. The standard InChI is InChI=1S/C15H15F2N3/c1-20-8-12-10(3-2-4-15(12)19)9-5-13(16)11(7-18)14(17)6-9/h2-6,8,19-20H,7,18H2,1H3/b12-8-,19-15?. The Morgan fingerprint density at radius 2 is 1.95 bits per heavy atom. The molecule has 1 aliphatic rings. The van der Waals surface area contributed by atoms with E-state index >= 15 is 0 Å². The van der Waals surface area contributed by atoms with Crippen molar-refractivity contribution < 1.29 is 8.78 Å². The largest absolute Gasteiger partial charge is 0.393 e. The van der Waals surface area contributed by atoms with Crippen LogP contribution >= 0.6 is 0 Å². The van der Waals surface area contributed by atoms with E-state index in [2.05, 4.69) is 5.32 Å². The van der Waals surface area contributed by atoms with Crippen molar-refractivity contribution in [1.82, 2.24) is 5.32 Å². The lowest BCUT2D eigenvalue weighted by molar-refractivity contribution is 0.556. The Morgan fingerprint density at radius 1 is 1.30 bits per heavy atom. The van der Waals surface area contributed by atoms with Crippen molar-refractivity contribution in [3.05, 3.63) is 64.9 Å². The second kappa shape index (κ2) is 5.79. The number of halogens is 2. The van der Waals surface area contributed by atoms with Crippen molar-refractivity contribution in [2.45, 2.75) is 6.54 Å². The topological polar surface area (TPSA) is 61.9 Å². The van der Waals surface area contributed by atoms with E-state index in [-0.39, 0.29) is 17.8 Å². The molecule has 0 amide bonds. The molecule has 0 saturated carbocycles. The maximum absolute atomic E-state index is 13.8. The average molecular weight is 275 g/mol. The molecule has 0 bridgehead atoms. The Hall–Kier alpha value is -2.27. The first kappa shape index (κ1) is 14.1. The van der Waals surface area contributed by atoms with E-state index in [9.17, 15) is 8.78 Å². The van der Waals surface area contributed by atoms with Gasteiger partial charge in [-0.15, -0.1) is 0 Å². The molecule has 1 aliphatic carbocycles. The fourth-order valence-electron chi connectivity index (χ4n) is 2.07. The van der Waals surface area contributed by atoms with Gasteiger partial charge in [-0.1, -0.05) is 12.2 Å². The molecular weight excluding hydrogens is 260 g/mol. The fraction of sp³-hybridized carbons (Fsp3) is 0.133. The summed E-state index contributed by atoms with van der Waals surface area (Å²) in [6.07, 6.45) is 6.65. The van der Waals surface area contributed by atoms with Gasteiger partial charge in [-0.3, -0.25) is 0 Å². The van der Waals surface area contributed by atoms with Crippen molar-refractivity contribution >= 4 is 11.3 Å². The van der Waals surface area contributed by atoms with Crippen molar-refractivity contribution in [3.63, 3.8) is 0 Å². The molecule has 0 atom stereocenters. The first-order valence-electron chi connectivity index (χ1n) is 6.12. The summed E-state index contributed by atoms with van der Waals surface area (Å²) >= 11 is 0. The molecule has 1 aromatic rings. The highest BCUT2D eigenvalue weighted by atomic mass is 19.1. The minimum Gasteiger partial charge on any atom is -0.393 e. The van der Waals surface area contributed by atoms with E-state index in [4.69, 9.17) is 11.1 Å². The van der Waals surface area contributed by atoms with Crippen LogP contribution in [0.2, 0.25) is 0 Å². The second-order valence-electron chi connectivity index (χ2n) is 4.32. The van der Waals surface area contributed by atoms with Crippen molar-refractivity contribution in [2.24, 2.45) is 5.73 Å². The summed E-state index contributed by atoms with van der Waals surface area (Å²) in [5.41, 5.74) is 7.02. The van der Waals surface area contributed by atoms with E-state index in [1.807, 2.05) is 0 Å². The van der Waals surface area contributed by atoms with Gasteiger partial charge in [0.1, 0.15) is 11.6 Å². The van der Waals surface area contributed by atoms with Crippen molar-refractivity contribution in [1.29, 1.82) is 5.41 Å². The number of rotatable bonds is 3. The first-order valence-corrected chi connectivity index (χ1v) is 6.12. The summed E-state index contributed by atoms with van der Waals surface area (Å²) in [5, 5.41) is 10.7. The summed E-state index contributed by atoms with van der Waals surface area (Å²) in [6, 6.07) is 2.49. The van der Waals surface area contributed by atoms with E-state index < -0.39 is 11.6 Å². The first-order chi connectivity index (χ1) is 9.58. The summed E-state index contributed by atoms with van der Waals surface area (Å²) in [4.78, 5) is 0. The van der Waals surface area contributed by atoms with E-state index in [1.165, 1.54) is 12.1 Å². The zero-order chi connectivity index (χ0) is 14.7. The van der Waals surface area contributed by atoms with Crippen LogP contribution in [0.15, 0.2) is 42.1 Å². The van der Waals surface area contributed by atoms with Crippen LogP contribution in [-0.4, -0.2) is 12.8 Å². The maximum atomic E-state index is 13.8. The highest BCUT2D eigenvalue weighted by Crippen LogP contribution is 2.29. The molecule has 0 radical (unpaired) electrons. The third kappa shape index (κ3) is 2.53. The molecule has 1 aromatic carbocycles. The second-order valence-corrected chi connectivity index (χ2v) is 4.32. The van der Waals surface area contributed by atoms with Gasteiger partial charge in [-0.2, -0.15) is 0 Å².